The Balaban J connectivity index is 1.88. The molecule has 174 valence electrons. The van der Waals surface area contributed by atoms with Gasteiger partial charge in [-0.15, -0.1) is 0 Å². The van der Waals surface area contributed by atoms with Crippen molar-refractivity contribution in [1.29, 1.82) is 0 Å². The second-order valence-corrected chi connectivity index (χ2v) is 9.06. The summed E-state index contributed by atoms with van der Waals surface area (Å²) in [5.74, 6) is -1.17. The summed E-state index contributed by atoms with van der Waals surface area (Å²) in [6.07, 6.45) is -4.90. The van der Waals surface area contributed by atoms with Crippen LogP contribution < -0.4 is 5.32 Å². The van der Waals surface area contributed by atoms with Gasteiger partial charge >= 0.3 is 6.18 Å². The Morgan fingerprint density at radius 2 is 1.45 bits per heavy atom. The summed E-state index contributed by atoms with van der Waals surface area (Å²) < 4.78 is 80.7. The van der Waals surface area contributed by atoms with E-state index in [1.807, 2.05) is 0 Å². The molecule has 0 atom stereocenters. The molecule has 0 unspecified atom stereocenters. The van der Waals surface area contributed by atoms with Crippen LogP contribution in [-0.2, 0) is 34.1 Å². The van der Waals surface area contributed by atoms with Gasteiger partial charge in [0.15, 0.2) is 0 Å². The Kier molecular flexibility index (Phi) is 7.50. The minimum absolute atomic E-state index is 0.00250. The van der Waals surface area contributed by atoms with Crippen LogP contribution in [0.15, 0.2) is 83.8 Å². The number of nitrogens with zero attached hydrogens (tertiary/aromatic N) is 1. The van der Waals surface area contributed by atoms with E-state index in [1.165, 1.54) is 30.3 Å². The van der Waals surface area contributed by atoms with E-state index in [1.54, 1.807) is 30.3 Å². The Morgan fingerprint density at radius 1 is 0.848 bits per heavy atom. The van der Waals surface area contributed by atoms with Crippen molar-refractivity contribution in [1.82, 2.24) is 9.62 Å². The van der Waals surface area contributed by atoms with Crippen LogP contribution in [0.2, 0.25) is 0 Å². The van der Waals surface area contributed by atoms with Crippen LogP contribution in [-0.4, -0.2) is 25.2 Å². The highest BCUT2D eigenvalue weighted by atomic mass is 32.2. The molecule has 3 aromatic rings. The highest BCUT2D eigenvalue weighted by molar-refractivity contribution is 7.89. The Labute approximate surface area is 188 Å². The molecule has 5 nitrogen and oxygen atoms in total. The van der Waals surface area contributed by atoms with E-state index in [0.29, 0.717) is 21.5 Å². The van der Waals surface area contributed by atoms with Gasteiger partial charge in [-0.1, -0.05) is 54.6 Å². The van der Waals surface area contributed by atoms with Gasteiger partial charge in [0.05, 0.1) is 17.0 Å². The van der Waals surface area contributed by atoms with Gasteiger partial charge in [0.25, 0.3) is 0 Å². The molecule has 0 heterocycles. The van der Waals surface area contributed by atoms with E-state index in [-0.39, 0.29) is 13.1 Å². The van der Waals surface area contributed by atoms with E-state index >= 15 is 0 Å². The standard InChI is InChI=1S/C23H20F4N2O3S/c24-19-12-10-17(11-13-19)14-28-22(30)16-29(15-18-6-2-1-3-7-18)33(31,32)21-9-5-4-8-20(21)23(25,26)27/h1-13H,14-16H2,(H,28,30). The highest BCUT2D eigenvalue weighted by Gasteiger charge is 2.39. The molecule has 3 rings (SSSR count). The van der Waals surface area contributed by atoms with Gasteiger partial charge in [-0.25, -0.2) is 12.8 Å². The zero-order valence-corrected chi connectivity index (χ0v) is 18.0. The van der Waals surface area contributed by atoms with Crippen molar-refractivity contribution in [3.05, 3.63) is 101 Å². The van der Waals surface area contributed by atoms with Crippen LogP contribution in [0.1, 0.15) is 16.7 Å². The molecule has 1 amide bonds. The lowest BCUT2D eigenvalue weighted by Crippen LogP contribution is -2.40. The van der Waals surface area contributed by atoms with Crippen LogP contribution in [0.25, 0.3) is 0 Å². The van der Waals surface area contributed by atoms with Crippen LogP contribution in [0, 0.1) is 5.82 Å². The van der Waals surface area contributed by atoms with Crippen molar-refractivity contribution in [2.75, 3.05) is 6.54 Å². The fraction of sp³-hybridized carbons (Fsp3) is 0.174. The molecule has 3 aromatic carbocycles. The molecule has 10 heteroatoms. The number of sulfonamides is 1. The SMILES string of the molecule is O=C(CN(Cc1ccccc1)S(=O)(=O)c1ccccc1C(F)(F)F)NCc1ccc(F)cc1. The third-order valence-electron chi connectivity index (χ3n) is 4.73. The molecule has 33 heavy (non-hydrogen) atoms. The highest BCUT2D eigenvalue weighted by Crippen LogP contribution is 2.35. The summed E-state index contributed by atoms with van der Waals surface area (Å²) in [6.45, 7) is -1.01. The molecule has 0 bridgehead atoms. The van der Waals surface area contributed by atoms with Crippen molar-refractivity contribution in [3.8, 4) is 0 Å². The van der Waals surface area contributed by atoms with E-state index < -0.39 is 44.9 Å². The number of rotatable bonds is 8. The fourth-order valence-corrected chi connectivity index (χ4v) is 4.69. The molecule has 0 saturated carbocycles. The number of alkyl halides is 3. The number of hydrogen-bond acceptors (Lipinski definition) is 3. The zero-order chi connectivity index (χ0) is 24.1. The summed E-state index contributed by atoms with van der Waals surface area (Å²) >= 11 is 0. The largest absolute Gasteiger partial charge is 0.417 e. The fourth-order valence-electron chi connectivity index (χ4n) is 3.10. The average molecular weight is 480 g/mol. The maximum atomic E-state index is 13.5. The monoisotopic (exact) mass is 480 g/mol. The number of hydrogen-bond donors (Lipinski definition) is 1. The predicted octanol–water partition coefficient (Wildman–Crippen LogP) is 4.35. The topological polar surface area (TPSA) is 66.5 Å². The number of carbonyl (C=O) groups is 1. The number of benzene rings is 3. The van der Waals surface area contributed by atoms with Crippen molar-refractivity contribution < 1.29 is 30.8 Å². The minimum Gasteiger partial charge on any atom is -0.351 e. The molecule has 0 saturated heterocycles. The molecule has 1 N–H and O–H groups in total. The van der Waals surface area contributed by atoms with E-state index in [9.17, 15) is 30.8 Å². The molecule has 0 fully saturated rings. The lowest BCUT2D eigenvalue weighted by molar-refractivity contribution is -0.139. The summed E-state index contributed by atoms with van der Waals surface area (Å²) in [5, 5.41) is 2.51. The van der Waals surface area contributed by atoms with Gasteiger partial charge in [0.1, 0.15) is 5.82 Å². The second kappa shape index (κ2) is 10.1. The molecule has 0 aliphatic heterocycles. The van der Waals surface area contributed by atoms with Crippen molar-refractivity contribution >= 4 is 15.9 Å². The van der Waals surface area contributed by atoms with Gasteiger partial charge in [0, 0.05) is 13.1 Å². The molecule has 0 aliphatic rings. The first kappa shape index (κ1) is 24.4. The van der Waals surface area contributed by atoms with Crippen LogP contribution in [0.5, 0.6) is 0 Å². The van der Waals surface area contributed by atoms with E-state index in [4.69, 9.17) is 0 Å². The Bertz CT molecular complexity index is 1200. The lowest BCUT2D eigenvalue weighted by atomic mass is 10.2. The van der Waals surface area contributed by atoms with Crippen molar-refractivity contribution in [2.24, 2.45) is 0 Å². The van der Waals surface area contributed by atoms with E-state index in [2.05, 4.69) is 5.32 Å². The summed E-state index contributed by atoms with van der Waals surface area (Å²) in [6, 6.07) is 17.4. The normalized spacial score (nSPS) is 12.0. The smallest absolute Gasteiger partial charge is 0.351 e. The summed E-state index contributed by atoms with van der Waals surface area (Å²) in [5.41, 5.74) is -0.240. The maximum absolute atomic E-state index is 13.5. The van der Waals surface area contributed by atoms with Crippen LogP contribution >= 0.6 is 0 Å². The van der Waals surface area contributed by atoms with E-state index in [0.717, 1.165) is 12.1 Å². The third-order valence-corrected chi connectivity index (χ3v) is 6.58. The van der Waals surface area contributed by atoms with Crippen molar-refractivity contribution in [2.45, 2.75) is 24.2 Å². The molecular formula is C23H20F4N2O3S. The first-order valence-electron chi connectivity index (χ1n) is 9.79. The molecule has 0 aliphatic carbocycles. The van der Waals surface area contributed by atoms with Crippen molar-refractivity contribution in [3.63, 3.8) is 0 Å². The number of halogens is 4. The van der Waals surface area contributed by atoms with Gasteiger partial charge < -0.3 is 5.32 Å². The first-order valence-corrected chi connectivity index (χ1v) is 11.2. The van der Waals surface area contributed by atoms with Gasteiger partial charge in [-0.2, -0.15) is 17.5 Å². The third kappa shape index (κ3) is 6.39. The van der Waals surface area contributed by atoms with Gasteiger partial charge in [-0.3, -0.25) is 4.79 Å². The molecule has 0 aromatic heterocycles. The average Bonchev–Trinajstić information content (AvgIpc) is 2.78. The molecular weight excluding hydrogens is 460 g/mol. The lowest BCUT2D eigenvalue weighted by Gasteiger charge is -2.24. The van der Waals surface area contributed by atoms with Crippen LogP contribution in [0.4, 0.5) is 17.6 Å². The maximum Gasteiger partial charge on any atom is 0.417 e. The first-order chi connectivity index (χ1) is 15.6. The Hall–Kier alpha value is -3.24. The van der Waals surface area contributed by atoms with Gasteiger partial charge in [0.2, 0.25) is 15.9 Å². The number of carbonyl (C=O) groups excluding carboxylic acids is 1. The molecule has 0 radical (unpaired) electrons. The quantitative estimate of drug-likeness (QED) is 0.488. The Morgan fingerprint density at radius 3 is 2.09 bits per heavy atom. The second-order valence-electron chi connectivity index (χ2n) is 7.16. The summed E-state index contributed by atoms with van der Waals surface area (Å²) in [4.78, 5) is 11.6. The summed E-state index contributed by atoms with van der Waals surface area (Å²) in [7, 11) is -4.69. The zero-order valence-electron chi connectivity index (χ0n) is 17.2. The van der Waals surface area contributed by atoms with Crippen LogP contribution in [0.3, 0.4) is 0 Å². The number of amides is 1. The predicted molar refractivity (Wildman–Crippen MR) is 114 cm³/mol. The molecule has 0 spiro atoms. The number of nitrogens with one attached hydrogen (secondary N) is 1. The minimum atomic E-state index is -4.90. The van der Waals surface area contributed by atoms with Gasteiger partial charge in [-0.05, 0) is 35.4 Å².